The van der Waals surface area contributed by atoms with Crippen LogP contribution in [0.15, 0.2) is 0 Å². The molecule has 0 fully saturated rings. The lowest BCUT2D eigenvalue weighted by Crippen LogP contribution is -2.17. The maximum Gasteiger partial charge on any atom is 0.312 e. The van der Waals surface area contributed by atoms with Crippen molar-refractivity contribution in [1.82, 2.24) is 4.98 Å². The zero-order valence-electron chi connectivity index (χ0n) is 11.1. The van der Waals surface area contributed by atoms with Crippen molar-refractivity contribution in [3.8, 4) is 0 Å². The summed E-state index contributed by atoms with van der Waals surface area (Å²) in [7, 11) is 0. The zero-order chi connectivity index (χ0) is 13.7. The molecule has 1 aromatic heterocycles. The van der Waals surface area contributed by atoms with Crippen LogP contribution in [0.2, 0.25) is 0 Å². The standard InChI is InChI=1S/C13H20N2O2S2/c1-18-8-3-2-7-14-13-15-11-9(12(16)17)5-4-6-10(11)19-13/h9H,2-8H2,1H3,(H,14,15)(H,16,17). The lowest BCUT2D eigenvalue weighted by Gasteiger charge is -2.16. The van der Waals surface area contributed by atoms with Crippen LogP contribution >= 0.6 is 23.1 Å². The van der Waals surface area contributed by atoms with Crippen molar-refractivity contribution < 1.29 is 9.90 Å². The van der Waals surface area contributed by atoms with Crippen LogP contribution in [-0.4, -0.2) is 34.6 Å². The van der Waals surface area contributed by atoms with Crippen LogP contribution in [-0.2, 0) is 11.2 Å². The molecule has 0 amide bonds. The minimum Gasteiger partial charge on any atom is -0.481 e. The molecule has 106 valence electrons. The molecule has 0 radical (unpaired) electrons. The first-order valence-electron chi connectivity index (χ1n) is 6.67. The van der Waals surface area contributed by atoms with E-state index in [1.807, 2.05) is 11.8 Å². The van der Waals surface area contributed by atoms with Gasteiger partial charge in [-0.1, -0.05) is 0 Å². The molecule has 0 aromatic carbocycles. The Morgan fingerprint density at radius 2 is 2.42 bits per heavy atom. The van der Waals surface area contributed by atoms with Gasteiger partial charge in [-0.25, -0.2) is 4.98 Å². The van der Waals surface area contributed by atoms with E-state index in [0.717, 1.165) is 47.9 Å². The number of hydrogen-bond acceptors (Lipinski definition) is 5. The lowest BCUT2D eigenvalue weighted by molar-refractivity contribution is -0.139. The van der Waals surface area contributed by atoms with Crippen LogP contribution in [0.5, 0.6) is 0 Å². The topological polar surface area (TPSA) is 62.2 Å². The number of nitrogens with one attached hydrogen (secondary N) is 1. The number of aromatic nitrogens is 1. The predicted octanol–water partition coefficient (Wildman–Crippen LogP) is 3.20. The molecule has 0 aliphatic heterocycles. The fraction of sp³-hybridized carbons (Fsp3) is 0.692. The molecule has 1 aliphatic carbocycles. The third kappa shape index (κ3) is 3.86. The highest BCUT2D eigenvalue weighted by molar-refractivity contribution is 7.98. The van der Waals surface area contributed by atoms with E-state index in [2.05, 4.69) is 16.6 Å². The highest BCUT2D eigenvalue weighted by Gasteiger charge is 2.29. The van der Waals surface area contributed by atoms with Crippen molar-refractivity contribution in [2.24, 2.45) is 0 Å². The van der Waals surface area contributed by atoms with Crippen molar-refractivity contribution in [2.75, 3.05) is 23.9 Å². The summed E-state index contributed by atoms with van der Waals surface area (Å²) in [6.07, 6.45) is 7.11. The third-order valence-corrected chi connectivity index (χ3v) is 5.09. The number of rotatable bonds is 7. The summed E-state index contributed by atoms with van der Waals surface area (Å²) in [4.78, 5) is 16.9. The summed E-state index contributed by atoms with van der Waals surface area (Å²) in [6.45, 7) is 0.921. The number of fused-ring (bicyclic) bond motifs is 1. The molecular weight excluding hydrogens is 280 g/mol. The quantitative estimate of drug-likeness (QED) is 0.757. The number of thioether (sulfide) groups is 1. The van der Waals surface area contributed by atoms with Gasteiger partial charge in [0.2, 0.25) is 0 Å². The molecule has 6 heteroatoms. The first kappa shape index (κ1) is 14.7. The van der Waals surface area contributed by atoms with Crippen LogP contribution in [0.3, 0.4) is 0 Å². The van der Waals surface area contributed by atoms with E-state index >= 15 is 0 Å². The van der Waals surface area contributed by atoms with E-state index in [0.29, 0.717) is 0 Å². The maximum atomic E-state index is 11.2. The Morgan fingerprint density at radius 3 is 3.16 bits per heavy atom. The molecule has 0 spiro atoms. The van der Waals surface area contributed by atoms with Gasteiger partial charge in [0.15, 0.2) is 5.13 Å². The molecule has 0 saturated heterocycles. The molecule has 1 aliphatic rings. The number of carboxylic acid groups (broad SMARTS) is 1. The van der Waals surface area contributed by atoms with Gasteiger partial charge in [-0.15, -0.1) is 11.3 Å². The first-order chi connectivity index (χ1) is 9.22. The summed E-state index contributed by atoms with van der Waals surface area (Å²) < 4.78 is 0. The monoisotopic (exact) mass is 300 g/mol. The highest BCUT2D eigenvalue weighted by Crippen LogP contribution is 2.36. The summed E-state index contributed by atoms with van der Waals surface area (Å²) >= 11 is 3.50. The predicted molar refractivity (Wildman–Crippen MR) is 81.5 cm³/mol. The normalized spacial score (nSPS) is 18.1. The van der Waals surface area contributed by atoms with Gasteiger partial charge in [-0.2, -0.15) is 11.8 Å². The Hall–Kier alpha value is -0.750. The number of unbranched alkanes of at least 4 members (excludes halogenated alkanes) is 1. The van der Waals surface area contributed by atoms with Crippen LogP contribution in [0.1, 0.15) is 42.2 Å². The van der Waals surface area contributed by atoms with Gasteiger partial charge >= 0.3 is 5.97 Å². The van der Waals surface area contributed by atoms with Crippen LogP contribution in [0.25, 0.3) is 0 Å². The van der Waals surface area contributed by atoms with E-state index < -0.39 is 11.9 Å². The molecule has 4 nitrogen and oxygen atoms in total. The second-order valence-corrected chi connectivity index (χ2v) is 6.81. The van der Waals surface area contributed by atoms with E-state index in [9.17, 15) is 9.90 Å². The van der Waals surface area contributed by atoms with Crippen LogP contribution < -0.4 is 5.32 Å². The molecule has 2 rings (SSSR count). The second kappa shape index (κ2) is 7.14. The number of thiazole rings is 1. The molecule has 0 bridgehead atoms. The number of nitrogens with zero attached hydrogens (tertiary/aromatic N) is 1. The average Bonchev–Trinajstić information content (AvgIpc) is 2.80. The van der Waals surface area contributed by atoms with E-state index in [4.69, 9.17) is 0 Å². The van der Waals surface area contributed by atoms with Gasteiger partial charge in [0.1, 0.15) is 5.92 Å². The molecule has 1 unspecified atom stereocenters. The van der Waals surface area contributed by atoms with Gasteiger partial charge in [0.25, 0.3) is 0 Å². The molecule has 2 N–H and O–H groups in total. The number of hydrogen-bond donors (Lipinski definition) is 2. The molecule has 1 aromatic rings. The minimum absolute atomic E-state index is 0.396. The van der Waals surface area contributed by atoms with Gasteiger partial charge in [-0.05, 0) is 44.1 Å². The molecule has 1 heterocycles. The second-order valence-electron chi connectivity index (χ2n) is 4.74. The Bertz CT molecular complexity index is 434. The van der Waals surface area contributed by atoms with Crippen molar-refractivity contribution >= 4 is 34.2 Å². The molecule has 19 heavy (non-hydrogen) atoms. The largest absolute Gasteiger partial charge is 0.481 e. The van der Waals surface area contributed by atoms with Crippen molar-refractivity contribution in [3.05, 3.63) is 10.6 Å². The maximum absolute atomic E-state index is 11.2. The van der Waals surface area contributed by atoms with E-state index in [1.54, 1.807) is 11.3 Å². The van der Waals surface area contributed by atoms with Crippen molar-refractivity contribution in [3.63, 3.8) is 0 Å². The summed E-state index contributed by atoms with van der Waals surface area (Å²) in [5, 5.41) is 13.4. The van der Waals surface area contributed by atoms with Gasteiger partial charge in [0.05, 0.1) is 5.69 Å². The van der Waals surface area contributed by atoms with Crippen molar-refractivity contribution in [1.29, 1.82) is 0 Å². The Balaban J connectivity index is 1.91. The Kier molecular flexibility index (Phi) is 5.51. The van der Waals surface area contributed by atoms with Crippen LogP contribution in [0, 0.1) is 0 Å². The van der Waals surface area contributed by atoms with Crippen molar-refractivity contribution in [2.45, 2.75) is 38.0 Å². The third-order valence-electron chi connectivity index (χ3n) is 3.30. The number of aryl methyl sites for hydroxylation is 1. The summed E-state index contributed by atoms with van der Waals surface area (Å²) in [5.41, 5.74) is 0.801. The van der Waals surface area contributed by atoms with E-state index in [1.165, 1.54) is 12.2 Å². The highest BCUT2D eigenvalue weighted by atomic mass is 32.2. The fourth-order valence-corrected chi connectivity index (χ4v) is 3.88. The zero-order valence-corrected chi connectivity index (χ0v) is 12.8. The van der Waals surface area contributed by atoms with Gasteiger partial charge in [0, 0.05) is 11.4 Å². The van der Waals surface area contributed by atoms with Gasteiger partial charge < -0.3 is 10.4 Å². The van der Waals surface area contributed by atoms with Crippen LogP contribution in [0.4, 0.5) is 5.13 Å². The smallest absolute Gasteiger partial charge is 0.312 e. The molecule has 0 saturated carbocycles. The number of carboxylic acids is 1. The summed E-state index contributed by atoms with van der Waals surface area (Å²) in [6, 6.07) is 0. The SMILES string of the molecule is CSCCCCNc1nc2c(s1)CCCC2C(=O)O. The first-order valence-corrected chi connectivity index (χ1v) is 8.88. The number of aliphatic carboxylic acids is 1. The number of carbonyl (C=O) groups is 1. The van der Waals surface area contributed by atoms with Gasteiger partial charge in [-0.3, -0.25) is 4.79 Å². The Morgan fingerprint density at radius 1 is 1.58 bits per heavy atom. The average molecular weight is 300 g/mol. The lowest BCUT2D eigenvalue weighted by atomic mass is 9.91. The molecule has 1 atom stereocenters. The fourth-order valence-electron chi connectivity index (χ4n) is 2.30. The molecular formula is C13H20N2O2S2. The Labute approximate surface area is 122 Å². The minimum atomic E-state index is -0.738. The summed E-state index contributed by atoms with van der Waals surface area (Å²) in [5.74, 6) is 0.0572. The van der Waals surface area contributed by atoms with E-state index in [-0.39, 0.29) is 0 Å². The number of anilines is 1.